The highest BCUT2D eigenvalue weighted by molar-refractivity contribution is 7.92. The zero-order valence-electron chi connectivity index (χ0n) is 8.73. The van der Waals surface area contributed by atoms with Crippen LogP contribution in [-0.2, 0) is 10.0 Å². The van der Waals surface area contributed by atoms with Gasteiger partial charge in [-0.1, -0.05) is 11.2 Å². The monoisotopic (exact) mass is 246 g/mol. The fourth-order valence-corrected chi connectivity index (χ4v) is 1.65. The van der Waals surface area contributed by atoms with E-state index in [1.54, 1.807) is 0 Å². The van der Waals surface area contributed by atoms with Gasteiger partial charge < -0.3 is 5.21 Å². The van der Waals surface area contributed by atoms with E-state index in [0.29, 0.717) is 5.56 Å². The van der Waals surface area contributed by atoms with Crippen molar-refractivity contribution in [2.75, 3.05) is 11.0 Å². The van der Waals surface area contributed by atoms with Crippen LogP contribution >= 0.6 is 0 Å². The van der Waals surface area contributed by atoms with E-state index in [-0.39, 0.29) is 11.4 Å². The van der Waals surface area contributed by atoms with Crippen LogP contribution in [-0.4, -0.2) is 25.6 Å². The van der Waals surface area contributed by atoms with E-state index in [0.717, 1.165) is 12.3 Å². The van der Waals surface area contributed by atoms with E-state index in [9.17, 15) is 12.8 Å². The standard InChI is InChI=1S/C9H11FN2O3S/c1-6(11-13)7-3-4-9(8(10)5-7)12-16(2,14)15/h3-5,12-13H,1-2H3. The molecule has 1 rings (SSSR count). The molecular formula is C9H11FN2O3S. The van der Waals surface area contributed by atoms with E-state index in [4.69, 9.17) is 5.21 Å². The Balaban J connectivity index is 3.10. The van der Waals surface area contributed by atoms with Gasteiger partial charge in [-0.2, -0.15) is 0 Å². The van der Waals surface area contributed by atoms with E-state index in [1.807, 2.05) is 4.72 Å². The summed E-state index contributed by atoms with van der Waals surface area (Å²) < 4.78 is 37.2. The van der Waals surface area contributed by atoms with Crippen molar-refractivity contribution in [3.05, 3.63) is 29.6 Å². The molecule has 0 fully saturated rings. The molecule has 2 N–H and O–H groups in total. The molecule has 0 aliphatic rings. The smallest absolute Gasteiger partial charge is 0.229 e. The molecule has 0 aliphatic heterocycles. The Morgan fingerprint density at radius 1 is 1.50 bits per heavy atom. The SMILES string of the molecule is CC(=NO)c1ccc(NS(C)(=O)=O)c(F)c1. The molecule has 0 unspecified atom stereocenters. The number of hydrogen-bond donors (Lipinski definition) is 2. The third-order valence-corrected chi connectivity index (χ3v) is 2.42. The first-order valence-corrected chi connectivity index (χ1v) is 6.19. The van der Waals surface area contributed by atoms with Crippen molar-refractivity contribution >= 4 is 21.4 Å². The van der Waals surface area contributed by atoms with Crippen LogP contribution in [0.5, 0.6) is 0 Å². The van der Waals surface area contributed by atoms with Gasteiger partial charge in [0.15, 0.2) is 0 Å². The number of hydrogen-bond acceptors (Lipinski definition) is 4. The lowest BCUT2D eigenvalue weighted by Crippen LogP contribution is -2.11. The first-order valence-electron chi connectivity index (χ1n) is 4.30. The second kappa shape index (κ2) is 4.48. The summed E-state index contributed by atoms with van der Waals surface area (Å²) in [6.45, 7) is 1.50. The molecule has 0 amide bonds. The second-order valence-electron chi connectivity index (χ2n) is 3.25. The van der Waals surface area contributed by atoms with Gasteiger partial charge in [0.1, 0.15) is 5.82 Å². The minimum absolute atomic E-state index is 0.142. The van der Waals surface area contributed by atoms with Crippen molar-refractivity contribution < 1.29 is 18.0 Å². The minimum atomic E-state index is -3.51. The number of nitrogens with zero attached hydrogens (tertiary/aromatic N) is 1. The number of nitrogens with one attached hydrogen (secondary N) is 1. The Morgan fingerprint density at radius 3 is 2.56 bits per heavy atom. The van der Waals surface area contributed by atoms with Gasteiger partial charge >= 0.3 is 0 Å². The molecule has 0 saturated heterocycles. The Morgan fingerprint density at radius 2 is 2.12 bits per heavy atom. The van der Waals surface area contributed by atoms with E-state index < -0.39 is 15.8 Å². The van der Waals surface area contributed by atoms with Crippen molar-refractivity contribution in [1.82, 2.24) is 0 Å². The van der Waals surface area contributed by atoms with Crippen LogP contribution in [0.2, 0.25) is 0 Å². The summed E-state index contributed by atoms with van der Waals surface area (Å²) in [5.74, 6) is -0.731. The van der Waals surface area contributed by atoms with Gasteiger partial charge in [-0.25, -0.2) is 12.8 Å². The molecule has 0 radical (unpaired) electrons. The predicted octanol–water partition coefficient (Wildman–Crippen LogP) is 1.40. The molecule has 1 aromatic rings. The molecule has 5 nitrogen and oxygen atoms in total. The van der Waals surface area contributed by atoms with Gasteiger partial charge in [-0.15, -0.1) is 0 Å². The van der Waals surface area contributed by atoms with Crippen molar-refractivity contribution in [2.45, 2.75) is 6.92 Å². The number of rotatable bonds is 3. The number of anilines is 1. The Labute approximate surface area is 92.6 Å². The van der Waals surface area contributed by atoms with E-state index in [1.165, 1.54) is 19.1 Å². The summed E-state index contributed by atoms with van der Waals surface area (Å²) in [7, 11) is -3.51. The number of sulfonamides is 1. The van der Waals surface area contributed by atoms with Gasteiger partial charge in [-0.3, -0.25) is 4.72 Å². The number of oxime groups is 1. The number of halogens is 1. The maximum Gasteiger partial charge on any atom is 0.229 e. The second-order valence-corrected chi connectivity index (χ2v) is 5.00. The third kappa shape index (κ3) is 3.20. The maximum atomic E-state index is 13.4. The molecule has 0 aromatic heterocycles. The fraction of sp³-hybridized carbons (Fsp3) is 0.222. The van der Waals surface area contributed by atoms with Crippen molar-refractivity contribution in [2.24, 2.45) is 5.16 Å². The van der Waals surface area contributed by atoms with E-state index in [2.05, 4.69) is 5.16 Å². The molecule has 1 aromatic carbocycles. The van der Waals surface area contributed by atoms with Gasteiger partial charge in [0.25, 0.3) is 0 Å². The zero-order valence-corrected chi connectivity index (χ0v) is 9.55. The van der Waals surface area contributed by atoms with Crippen molar-refractivity contribution in [3.63, 3.8) is 0 Å². The van der Waals surface area contributed by atoms with Crippen molar-refractivity contribution in [3.8, 4) is 0 Å². The van der Waals surface area contributed by atoms with Gasteiger partial charge in [-0.05, 0) is 19.1 Å². The van der Waals surface area contributed by atoms with E-state index >= 15 is 0 Å². The van der Waals surface area contributed by atoms with Crippen LogP contribution in [0.3, 0.4) is 0 Å². The predicted molar refractivity (Wildman–Crippen MR) is 58.9 cm³/mol. The lowest BCUT2D eigenvalue weighted by Gasteiger charge is -2.06. The molecule has 0 bridgehead atoms. The van der Waals surface area contributed by atoms with Gasteiger partial charge in [0.05, 0.1) is 17.7 Å². The fourth-order valence-electron chi connectivity index (χ4n) is 1.08. The Bertz CT molecular complexity index is 526. The summed E-state index contributed by atoms with van der Waals surface area (Å²) in [5.41, 5.74) is 0.473. The lowest BCUT2D eigenvalue weighted by atomic mass is 10.1. The minimum Gasteiger partial charge on any atom is -0.411 e. The normalized spacial score (nSPS) is 12.6. The first kappa shape index (κ1) is 12.4. The highest BCUT2D eigenvalue weighted by Crippen LogP contribution is 2.17. The average molecular weight is 246 g/mol. The van der Waals surface area contributed by atoms with Crippen LogP contribution in [0.25, 0.3) is 0 Å². The topological polar surface area (TPSA) is 78.8 Å². The highest BCUT2D eigenvalue weighted by atomic mass is 32.2. The maximum absolute atomic E-state index is 13.4. The molecule has 0 saturated carbocycles. The Kier molecular flexibility index (Phi) is 3.48. The zero-order chi connectivity index (χ0) is 12.3. The first-order chi connectivity index (χ1) is 7.33. The quantitative estimate of drug-likeness (QED) is 0.480. The lowest BCUT2D eigenvalue weighted by molar-refractivity contribution is 0.319. The summed E-state index contributed by atoms with van der Waals surface area (Å²) in [5, 5.41) is 11.4. The van der Waals surface area contributed by atoms with Crippen molar-refractivity contribution in [1.29, 1.82) is 0 Å². The molecule has 88 valence electrons. The summed E-state index contributed by atoms with van der Waals surface area (Å²) in [6, 6.07) is 3.80. The molecular weight excluding hydrogens is 235 g/mol. The summed E-state index contributed by atoms with van der Waals surface area (Å²) in [4.78, 5) is 0. The van der Waals surface area contributed by atoms with Gasteiger partial charge in [0.2, 0.25) is 10.0 Å². The number of benzene rings is 1. The molecule has 0 spiro atoms. The van der Waals surface area contributed by atoms with Crippen LogP contribution < -0.4 is 4.72 Å². The molecule has 0 heterocycles. The van der Waals surface area contributed by atoms with Crippen LogP contribution in [0.1, 0.15) is 12.5 Å². The van der Waals surface area contributed by atoms with Gasteiger partial charge in [0, 0.05) is 5.56 Å². The Hall–Kier alpha value is -1.63. The molecule has 0 atom stereocenters. The van der Waals surface area contributed by atoms with Crippen LogP contribution in [0.15, 0.2) is 23.4 Å². The van der Waals surface area contributed by atoms with Crippen LogP contribution in [0, 0.1) is 5.82 Å². The molecule has 0 aliphatic carbocycles. The largest absolute Gasteiger partial charge is 0.411 e. The third-order valence-electron chi connectivity index (χ3n) is 1.83. The highest BCUT2D eigenvalue weighted by Gasteiger charge is 2.09. The summed E-state index contributed by atoms with van der Waals surface area (Å²) >= 11 is 0. The molecule has 7 heteroatoms. The molecule has 16 heavy (non-hydrogen) atoms. The van der Waals surface area contributed by atoms with Crippen LogP contribution in [0.4, 0.5) is 10.1 Å². The summed E-state index contributed by atoms with van der Waals surface area (Å²) in [6.07, 6.45) is 0.931. The average Bonchev–Trinajstić information content (AvgIpc) is 2.18.